The minimum atomic E-state index is -0.411. The van der Waals surface area contributed by atoms with Crippen LogP contribution in [-0.4, -0.2) is 50.3 Å². The highest BCUT2D eigenvalue weighted by Gasteiger charge is 2.24. The standard InChI is InChI=1S/C25H31N5O2S/c1-6-19-12-8-9-14-21(19)26-22(31)16-29(5)24(32)18(4)33-25-28-27-23(30(25)7-2)20-13-10-11-17(3)15-20/h8-15,18H,6-7,16H2,1-5H3,(H,26,31). The van der Waals surface area contributed by atoms with Crippen LogP contribution in [-0.2, 0) is 22.6 Å². The van der Waals surface area contributed by atoms with Crippen molar-refractivity contribution in [1.82, 2.24) is 19.7 Å². The Bertz CT molecular complexity index is 1130. The number of rotatable bonds is 9. The highest BCUT2D eigenvalue weighted by molar-refractivity contribution is 8.00. The number of nitrogens with zero attached hydrogens (tertiary/aromatic N) is 4. The fraction of sp³-hybridized carbons (Fsp3) is 0.360. The third-order valence-corrected chi connectivity index (χ3v) is 6.44. The normalized spacial score (nSPS) is 11.8. The largest absolute Gasteiger partial charge is 0.335 e. The summed E-state index contributed by atoms with van der Waals surface area (Å²) in [4.78, 5) is 26.9. The predicted molar refractivity (Wildman–Crippen MR) is 133 cm³/mol. The minimum absolute atomic E-state index is 0.0171. The molecule has 1 aromatic heterocycles. The summed E-state index contributed by atoms with van der Waals surface area (Å²) in [6.45, 7) is 8.61. The molecule has 0 saturated heterocycles. The molecule has 3 rings (SSSR count). The lowest BCUT2D eigenvalue weighted by Crippen LogP contribution is -2.39. The SMILES string of the molecule is CCc1ccccc1NC(=O)CN(C)C(=O)C(C)Sc1nnc(-c2cccc(C)c2)n1CC. The summed E-state index contributed by atoms with van der Waals surface area (Å²) in [6, 6.07) is 15.8. The number of carbonyl (C=O) groups is 2. The van der Waals surface area contributed by atoms with Gasteiger partial charge in [-0.25, -0.2) is 0 Å². The van der Waals surface area contributed by atoms with E-state index >= 15 is 0 Å². The van der Waals surface area contributed by atoms with Gasteiger partial charge in [0.25, 0.3) is 0 Å². The molecule has 0 aliphatic rings. The number of hydrogen-bond donors (Lipinski definition) is 1. The van der Waals surface area contributed by atoms with Crippen molar-refractivity contribution in [3.8, 4) is 11.4 Å². The van der Waals surface area contributed by atoms with Crippen LogP contribution >= 0.6 is 11.8 Å². The third kappa shape index (κ3) is 6.01. The van der Waals surface area contributed by atoms with Gasteiger partial charge in [0, 0.05) is 24.8 Å². The molecule has 0 fully saturated rings. The van der Waals surface area contributed by atoms with Gasteiger partial charge in [0.15, 0.2) is 11.0 Å². The van der Waals surface area contributed by atoms with E-state index in [1.807, 2.05) is 74.7 Å². The van der Waals surface area contributed by atoms with Crippen LogP contribution in [0.15, 0.2) is 53.7 Å². The monoisotopic (exact) mass is 465 g/mol. The molecule has 0 aliphatic carbocycles. The number of para-hydroxylation sites is 1. The first-order chi connectivity index (χ1) is 15.8. The zero-order valence-corrected chi connectivity index (χ0v) is 20.6. The Morgan fingerprint density at radius 1 is 1.12 bits per heavy atom. The third-order valence-electron chi connectivity index (χ3n) is 5.37. The Balaban J connectivity index is 1.64. The number of aryl methyl sites for hydroxylation is 2. The number of thioether (sulfide) groups is 1. The summed E-state index contributed by atoms with van der Waals surface area (Å²) in [5.41, 5.74) is 3.99. The van der Waals surface area contributed by atoms with Crippen molar-refractivity contribution in [3.05, 3.63) is 59.7 Å². The van der Waals surface area contributed by atoms with Crippen LogP contribution in [0.3, 0.4) is 0 Å². The molecule has 1 heterocycles. The summed E-state index contributed by atoms with van der Waals surface area (Å²) in [6.07, 6.45) is 0.821. The Hall–Kier alpha value is -3.13. The molecule has 0 radical (unpaired) electrons. The summed E-state index contributed by atoms with van der Waals surface area (Å²) >= 11 is 1.35. The second-order valence-corrected chi connectivity index (χ2v) is 9.24. The zero-order valence-electron chi connectivity index (χ0n) is 19.8. The second kappa shape index (κ2) is 11.1. The Labute approximate surface area is 199 Å². The Kier molecular flexibility index (Phi) is 8.27. The molecule has 2 amide bonds. The van der Waals surface area contributed by atoms with Gasteiger partial charge in [-0.05, 0) is 44.9 Å². The first kappa shape index (κ1) is 24.5. The average Bonchev–Trinajstić information content (AvgIpc) is 3.21. The molecular formula is C25H31N5O2S. The van der Waals surface area contributed by atoms with Crippen molar-refractivity contribution in [2.45, 2.75) is 51.1 Å². The van der Waals surface area contributed by atoms with Gasteiger partial charge in [-0.2, -0.15) is 0 Å². The number of carbonyl (C=O) groups excluding carboxylic acids is 2. The maximum atomic E-state index is 12.9. The van der Waals surface area contributed by atoms with Gasteiger partial charge in [-0.15, -0.1) is 10.2 Å². The van der Waals surface area contributed by atoms with Gasteiger partial charge in [0.2, 0.25) is 11.8 Å². The number of likely N-dealkylation sites (N-methyl/N-ethyl adjacent to an activating group) is 1. The lowest BCUT2D eigenvalue weighted by molar-refractivity contribution is -0.132. The van der Waals surface area contributed by atoms with Crippen LogP contribution in [0.4, 0.5) is 5.69 Å². The number of amides is 2. The first-order valence-corrected chi connectivity index (χ1v) is 12.0. The van der Waals surface area contributed by atoms with E-state index in [1.54, 1.807) is 7.05 Å². The quantitative estimate of drug-likeness (QED) is 0.474. The van der Waals surface area contributed by atoms with E-state index in [4.69, 9.17) is 0 Å². The van der Waals surface area contributed by atoms with Crippen molar-refractivity contribution in [2.75, 3.05) is 18.9 Å². The van der Waals surface area contributed by atoms with E-state index in [-0.39, 0.29) is 18.4 Å². The van der Waals surface area contributed by atoms with Crippen LogP contribution < -0.4 is 5.32 Å². The van der Waals surface area contributed by atoms with Crippen molar-refractivity contribution in [1.29, 1.82) is 0 Å². The lowest BCUT2D eigenvalue weighted by Gasteiger charge is -2.21. The van der Waals surface area contributed by atoms with Crippen molar-refractivity contribution in [3.63, 3.8) is 0 Å². The highest BCUT2D eigenvalue weighted by Crippen LogP contribution is 2.28. The molecule has 7 nitrogen and oxygen atoms in total. The van der Waals surface area contributed by atoms with Crippen molar-refractivity contribution in [2.24, 2.45) is 0 Å². The predicted octanol–water partition coefficient (Wildman–Crippen LogP) is 4.41. The molecule has 1 atom stereocenters. The van der Waals surface area contributed by atoms with E-state index in [0.717, 1.165) is 34.6 Å². The molecule has 174 valence electrons. The van der Waals surface area contributed by atoms with Gasteiger partial charge in [-0.1, -0.05) is 60.6 Å². The number of hydrogen-bond acceptors (Lipinski definition) is 5. The molecule has 0 bridgehead atoms. The molecule has 0 saturated carbocycles. The van der Waals surface area contributed by atoms with Crippen LogP contribution in [0.25, 0.3) is 11.4 Å². The number of anilines is 1. The highest BCUT2D eigenvalue weighted by atomic mass is 32.2. The molecule has 8 heteroatoms. The summed E-state index contributed by atoms with van der Waals surface area (Å²) < 4.78 is 2.01. The second-order valence-electron chi connectivity index (χ2n) is 7.93. The molecule has 1 unspecified atom stereocenters. The average molecular weight is 466 g/mol. The van der Waals surface area contributed by atoms with E-state index in [0.29, 0.717) is 11.7 Å². The van der Waals surface area contributed by atoms with E-state index in [1.165, 1.54) is 16.7 Å². The van der Waals surface area contributed by atoms with Gasteiger partial charge >= 0.3 is 0 Å². The maximum absolute atomic E-state index is 12.9. The number of benzene rings is 2. The number of aromatic nitrogens is 3. The molecule has 2 aromatic carbocycles. The Morgan fingerprint density at radius 2 is 1.88 bits per heavy atom. The fourth-order valence-corrected chi connectivity index (χ4v) is 4.64. The zero-order chi connectivity index (χ0) is 24.0. The van der Waals surface area contributed by atoms with Gasteiger partial charge in [-0.3, -0.25) is 9.59 Å². The van der Waals surface area contributed by atoms with Crippen LogP contribution in [0.2, 0.25) is 0 Å². The van der Waals surface area contributed by atoms with Crippen LogP contribution in [0, 0.1) is 6.92 Å². The van der Waals surface area contributed by atoms with Gasteiger partial charge in [0.05, 0.1) is 11.8 Å². The molecule has 3 aromatic rings. The summed E-state index contributed by atoms with van der Waals surface area (Å²) in [5, 5.41) is 11.9. The molecule has 1 N–H and O–H groups in total. The minimum Gasteiger partial charge on any atom is -0.335 e. The lowest BCUT2D eigenvalue weighted by atomic mass is 10.1. The molecular weight excluding hydrogens is 434 g/mol. The molecule has 0 aliphatic heterocycles. The summed E-state index contributed by atoms with van der Waals surface area (Å²) in [7, 11) is 1.65. The Morgan fingerprint density at radius 3 is 2.58 bits per heavy atom. The van der Waals surface area contributed by atoms with E-state index < -0.39 is 5.25 Å². The molecule has 33 heavy (non-hydrogen) atoms. The van der Waals surface area contributed by atoms with Crippen molar-refractivity contribution < 1.29 is 9.59 Å². The smallest absolute Gasteiger partial charge is 0.243 e. The maximum Gasteiger partial charge on any atom is 0.243 e. The van der Waals surface area contributed by atoms with Gasteiger partial charge in [0.1, 0.15) is 0 Å². The number of nitrogens with one attached hydrogen (secondary N) is 1. The topological polar surface area (TPSA) is 80.1 Å². The fourth-order valence-electron chi connectivity index (χ4n) is 3.61. The summed E-state index contributed by atoms with van der Waals surface area (Å²) in [5.74, 6) is 0.426. The van der Waals surface area contributed by atoms with Crippen LogP contribution in [0.1, 0.15) is 31.9 Å². The van der Waals surface area contributed by atoms with Crippen molar-refractivity contribution >= 4 is 29.3 Å². The van der Waals surface area contributed by atoms with Gasteiger partial charge < -0.3 is 14.8 Å². The first-order valence-electron chi connectivity index (χ1n) is 11.1. The van der Waals surface area contributed by atoms with E-state index in [9.17, 15) is 9.59 Å². The van der Waals surface area contributed by atoms with Crippen LogP contribution in [0.5, 0.6) is 0 Å². The molecule has 0 spiro atoms. The van der Waals surface area contributed by atoms with E-state index in [2.05, 4.69) is 21.6 Å².